The van der Waals surface area contributed by atoms with Crippen molar-refractivity contribution in [3.63, 3.8) is 0 Å². The van der Waals surface area contributed by atoms with Crippen molar-refractivity contribution in [2.24, 2.45) is 5.73 Å². The molecule has 1 heterocycles. The van der Waals surface area contributed by atoms with E-state index in [0.29, 0.717) is 0 Å². The van der Waals surface area contributed by atoms with Crippen LogP contribution in [0.2, 0.25) is 0 Å². The first kappa shape index (κ1) is 7.53. The van der Waals surface area contributed by atoms with E-state index in [1.54, 1.807) is 0 Å². The molecule has 3 atom stereocenters. The van der Waals surface area contributed by atoms with Gasteiger partial charge < -0.3 is 15.2 Å². The standard InChI is InChI=1S/C8H15NO2/c9-6-5-7(6)11-8-3-1-2-4-10-8/h6-8H,1-5,9H2/t6-,7+,8-/m1/s1. The van der Waals surface area contributed by atoms with E-state index in [9.17, 15) is 0 Å². The minimum Gasteiger partial charge on any atom is -0.353 e. The maximum absolute atomic E-state index is 5.60. The average Bonchev–Trinajstić information content (AvgIpc) is 2.69. The molecule has 0 spiro atoms. The highest BCUT2D eigenvalue weighted by Crippen LogP contribution is 2.27. The van der Waals surface area contributed by atoms with Crippen molar-refractivity contribution >= 4 is 0 Å². The van der Waals surface area contributed by atoms with E-state index >= 15 is 0 Å². The van der Waals surface area contributed by atoms with Gasteiger partial charge in [0.25, 0.3) is 0 Å². The average molecular weight is 157 g/mol. The Morgan fingerprint density at radius 3 is 2.73 bits per heavy atom. The molecule has 64 valence electrons. The van der Waals surface area contributed by atoms with E-state index in [1.807, 2.05) is 0 Å². The van der Waals surface area contributed by atoms with Crippen LogP contribution in [0.15, 0.2) is 0 Å². The fourth-order valence-corrected chi connectivity index (χ4v) is 1.36. The first-order valence-corrected chi connectivity index (χ1v) is 4.39. The zero-order valence-corrected chi connectivity index (χ0v) is 6.66. The maximum atomic E-state index is 5.60. The van der Waals surface area contributed by atoms with Crippen molar-refractivity contribution < 1.29 is 9.47 Å². The third-order valence-electron chi connectivity index (χ3n) is 2.24. The summed E-state index contributed by atoms with van der Waals surface area (Å²) < 4.78 is 11.0. The second-order valence-electron chi connectivity index (χ2n) is 3.37. The molecule has 1 saturated heterocycles. The largest absolute Gasteiger partial charge is 0.353 e. The first-order chi connectivity index (χ1) is 5.36. The van der Waals surface area contributed by atoms with Crippen molar-refractivity contribution in [3.05, 3.63) is 0 Å². The second kappa shape index (κ2) is 3.09. The minimum atomic E-state index is 0.0438. The zero-order chi connectivity index (χ0) is 7.68. The molecule has 3 heteroatoms. The van der Waals surface area contributed by atoms with Gasteiger partial charge in [0.05, 0.1) is 6.10 Å². The Morgan fingerprint density at radius 2 is 2.18 bits per heavy atom. The smallest absolute Gasteiger partial charge is 0.158 e. The molecule has 0 bridgehead atoms. The van der Waals surface area contributed by atoms with Crippen LogP contribution in [0.3, 0.4) is 0 Å². The summed E-state index contributed by atoms with van der Waals surface area (Å²) in [5.41, 5.74) is 5.60. The lowest BCUT2D eigenvalue weighted by molar-refractivity contribution is -0.169. The fraction of sp³-hybridized carbons (Fsp3) is 1.00. The second-order valence-corrected chi connectivity index (χ2v) is 3.37. The summed E-state index contributed by atoms with van der Waals surface area (Å²) in [6.45, 7) is 0.854. The first-order valence-electron chi connectivity index (χ1n) is 4.39. The molecule has 1 aliphatic carbocycles. The van der Waals surface area contributed by atoms with Gasteiger partial charge in [-0.05, 0) is 25.7 Å². The molecule has 1 saturated carbocycles. The highest BCUT2D eigenvalue weighted by molar-refractivity contribution is 4.92. The molecule has 3 nitrogen and oxygen atoms in total. The van der Waals surface area contributed by atoms with Gasteiger partial charge in [0.1, 0.15) is 0 Å². The van der Waals surface area contributed by atoms with E-state index in [0.717, 1.165) is 19.4 Å². The molecule has 11 heavy (non-hydrogen) atoms. The number of hydrogen-bond acceptors (Lipinski definition) is 3. The summed E-state index contributed by atoms with van der Waals surface area (Å²) in [6.07, 6.45) is 4.80. The molecule has 0 aromatic carbocycles. The Labute approximate surface area is 66.8 Å². The van der Waals surface area contributed by atoms with Crippen molar-refractivity contribution in [2.45, 2.75) is 44.1 Å². The van der Waals surface area contributed by atoms with E-state index < -0.39 is 0 Å². The maximum Gasteiger partial charge on any atom is 0.158 e. The molecule has 1 aliphatic heterocycles. The minimum absolute atomic E-state index is 0.0438. The van der Waals surface area contributed by atoms with Gasteiger partial charge in [0.2, 0.25) is 0 Å². The lowest BCUT2D eigenvalue weighted by Gasteiger charge is -2.22. The van der Waals surface area contributed by atoms with Crippen LogP contribution >= 0.6 is 0 Å². The van der Waals surface area contributed by atoms with Gasteiger partial charge >= 0.3 is 0 Å². The molecular formula is C8H15NO2. The summed E-state index contributed by atoms with van der Waals surface area (Å²) in [6, 6.07) is 0.278. The van der Waals surface area contributed by atoms with Gasteiger partial charge in [-0.15, -0.1) is 0 Å². The molecule has 0 radical (unpaired) electrons. The number of hydrogen-bond donors (Lipinski definition) is 1. The third kappa shape index (κ3) is 1.92. The van der Waals surface area contributed by atoms with Gasteiger partial charge in [-0.3, -0.25) is 0 Å². The van der Waals surface area contributed by atoms with E-state index in [-0.39, 0.29) is 18.4 Å². The summed E-state index contributed by atoms with van der Waals surface area (Å²) in [7, 11) is 0. The molecule has 2 rings (SSSR count). The van der Waals surface area contributed by atoms with Crippen molar-refractivity contribution in [1.29, 1.82) is 0 Å². The highest BCUT2D eigenvalue weighted by atomic mass is 16.7. The van der Waals surface area contributed by atoms with Crippen LogP contribution in [0, 0.1) is 0 Å². The van der Waals surface area contributed by atoms with Gasteiger partial charge in [0, 0.05) is 12.6 Å². The molecule has 0 aromatic rings. The van der Waals surface area contributed by atoms with Crippen LogP contribution in [0.25, 0.3) is 0 Å². The number of nitrogens with two attached hydrogens (primary N) is 1. The molecule has 2 N–H and O–H groups in total. The Bertz CT molecular complexity index is 134. The van der Waals surface area contributed by atoms with E-state index in [1.165, 1.54) is 12.8 Å². The van der Waals surface area contributed by atoms with Crippen LogP contribution in [-0.4, -0.2) is 25.0 Å². The Kier molecular flexibility index (Phi) is 2.11. The highest BCUT2D eigenvalue weighted by Gasteiger charge is 2.37. The van der Waals surface area contributed by atoms with Gasteiger partial charge in [0.15, 0.2) is 6.29 Å². The Balaban J connectivity index is 1.68. The van der Waals surface area contributed by atoms with Gasteiger partial charge in [-0.1, -0.05) is 0 Å². The number of ether oxygens (including phenoxy) is 2. The van der Waals surface area contributed by atoms with Crippen LogP contribution in [-0.2, 0) is 9.47 Å². The van der Waals surface area contributed by atoms with Crippen molar-refractivity contribution in [1.82, 2.24) is 0 Å². The van der Waals surface area contributed by atoms with Crippen LogP contribution in [0.1, 0.15) is 25.7 Å². The summed E-state index contributed by atoms with van der Waals surface area (Å²) in [5.74, 6) is 0. The SMILES string of the molecule is N[C@@H]1C[C@@H]1O[C@@H]1CCCCO1. The Hall–Kier alpha value is -0.120. The van der Waals surface area contributed by atoms with Crippen molar-refractivity contribution in [2.75, 3.05) is 6.61 Å². The zero-order valence-electron chi connectivity index (χ0n) is 6.66. The predicted octanol–water partition coefficient (Wildman–Crippen LogP) is 0.629. The van der Waals surface area contributed by atoms with Crippen LogP contribution in [0.4, 0.5) is 0 Å². The summed E-state index contributed by atoms with van der Waals surface area (Å²) >= 11 is 0. The molecule has 0 aromatic heterocycles. The van der Waals surface area contributed by atoms with Crippen LogP contribution in [0.5, 0.6) is 0 Å². The summed E-state index contributed by atoms with van der Waals surface area (Å²) in [5, 5.41) is 0. The molecule has 0 amide bonds. The monoisotopic (exact) mass is 157 g/mol. The van der Waals surface area contributed by atoms with Crippen LogP contribution < -0.4 is 5.73 Å². The van der Waals surface area contributed by atoms with E-state index in [2.05, 4.69) is 0 Å². The lowest BCUT2D eigenvalue weighted by Crippen LogP contribution is -2.25. The summed E-state index contributed by atoms with van der Waals surface area (Å²) in [4.78, 5) is 0. The Morgan fingerprint density at radius 1 is 1.36 bits per heavy atom. The molecule has 2 aliphatic rings. The topological polar surface area (TPSA) is 44.5 Å². The predicted molar refractivity (Wildman–Crippen MR) is 41.1 cm³/mol. The fourth-order valence-electron chi connectivity index (χ4n) is 1.36. The van der Waals surface area contributed by atoms with Gasteiger partial charge in [-0.25, -0.2) is 0 Å². The molecular weight excluding hydrogens is 142 g/mol. The third-order valence-corrected chi connectivity index (χ3v) is 2.24. The number of rotatable bonds is 2. The molecule has 2 fully saturated rings. The normalized spacial score (nSPS) is 43.9. The quantitative estimate of drug-likeness (QED) is 0.639. The van der Waals surface area contributed by atoms with Gasteiger partial charge in [-0.2, -0.15) is 0 Å². The van der Waals surface area contributed by atoms with E-state index in [4.69, 9.17) is 15.2 Å². The van der Waals surface area contributed by atoms with Crippen molar-refractivity contribution in [3.8, 4) is 0 Å². The molecule has 0 unspecified atom stereocenters. The lowest BCUT2D eigenvalue weighted by atomic mass is 10.2.